The number of thiazole rings is 1. The van der Waals surface area contributed by atoms with Crippen LogP contribution in [0.25, 0.3) is 10.2 Å². The van der Waals surface area contributed by atoms with Crippen molar-refractivity contribution in [1.82, 2.24) is 15.0 Å². The Hall–Kier alpha value is -2.24. The fourth-order valence-corrected chi connectivity index (χ4v) is 3.16. The van der Waals surface area contributed by atoms with Crippen LogP contribution in [0.3, 0.4) is 0 Å². The van der Waals surface area contributed by atoms with Crippen molar-refractivity contribution in [3.63, 3.8) is 0 Å². The van der Waals surface area contributed by atoms with Crippen LogP contribution in [0, 0.1) is 11.3 Å². The van der Waals surface area contributed by atoms with Crippen molar-refractivity contribution in [2.45, 2.75) is 12.1 Å². The van der Waals surface area contributed by atoms with Gasteiger partial charge < -0.3 is 0 Å². The van der Waals surface area contributed by atoms with Gasteiger partial charge in [-0.2, -0.15) is 18.4 Å². The Morgan fingerprint density at radius 1 is 1.22 bits per heavy atom. The van der Waals surface area contributed by atoms with E-state index >= 15 is 0 Å². The molecule has 0 aliphatic rings. The molecule has 0 fully saturated rings. The molecule has 4 nitrogen and oxygen atoms in total. The van der Waals surface area contributed by atoms with Crippen molar-refractivity contribution in [2.24, 2.45) is 0 Å². The minimum Gasteiger partial charge on any atom is -0.239 e. The van der Waals surface area contributed by atoms with E-state index in [0.717, 1.165) is 23.5 Å². The summed E-state index contributed by atoms with van der Waals surface area (Å²) in [5.74, 6) is -0.817. The molecule has 3 aromatic rings. The molecule has 0 saturated heterocycles. The minimum absolute atomic E-state index is 0.0109. The molecule has 9 heteroatoms. The molecular formula is C14H6ClF3N4S. The molecule has 1 unspecified atom stereocenters. The Morgan fingerprint density at radius 2 is 2.00 bits per heavy atom. The molecule has 0 saturated carbocycles. The van der Waals surface area contributed by atoms with Gasteiger partial charge in [-0.1, -0.05) is 0 Å². The second-order valence-electron chi connectivity index (χ2n) is 4.55. The predicted molar refractivity (Wildman–Crippen MR) is 79.1 cm³/mol. The minimum atomic E-state index is -4.44. The van der Waals surface area contributed by atoms with Gasteiger partial charge in [-0.25, -0.2) is 15.0 Å². The Kier molecular flexibility index (Phi) is 3.92. The third-order valence-electron chi connectivity index (χ3n) is 3.05. The summed E-state index contributed by atoms with van der Waals surface area (Å²) in [6.07, 6.45) is -3.03. The summed E-state index contributed by atoms with van der Waals surface area (Å²) < 4.78 is 38.8. The maximum absolute atomic E-state index is 12.7. The maximum Gasteiger partial charge on any atom is 0.416 e. The Labute approximate surface area is 137 Å². The first kappa shape index (κ1) is 15.6. The zero-order valence-electron chi connectivity index (χ0n) is 11.2. The van der Waals surface area contributed by atoms with E-state index in [1.54, 1.807) is 0 Å². The summed E-state index contributed by atoms with van der Waals surface area (Å²) in [4.78, 5) is 11.9. The van der Waals surface area contributed by atoms with Crippen LogP contribution in [0.1, 0.15) is 22.2 Å². The van der Waals surface area contributed by atoms with Gasteiger partial charge in [0.1, 0.15) is 10.9 Å². The number of alkyl halides is 3. The normalized spacial score (nSPS) is 13.0. The van der Waals surface area contributed by atoms with E-state index in [1.807, 2.05) is 6.07 Å². The van der Waals surface area contributed by atoms with Crippen molar-refractivity contribution < 1.29 is 13.2 Å². The van der Waals surface area contributed by atoms with Crippen LogP contribution >= 0.6 is 22.9 Å². The van der Waals surface area contributed by atoms with Crippen molar-refractivity contribution in [1.29, 1.82) is 5.26 Å². The first-order chi connectivity index (χ1) is 10.9. The second kappa shape index (κ2) is 5.76. The molecule has 0 aliphatic heterocycles. The third kappa shape index (κ3) is 3.11. The predicted octanol–water partition coefficient (Wildman–Crippen LogP) is 4.41. The van der Waals surface area contributed by atoms with E-state index < -0.39 is 17.7 Å². The fraction of sp³-hybridized carbons (Fsp3) is 0.143. The number of hydrogen-bond acceptors (Lipinski definition) is 5. The number of rotatable bonds is 2. The third-order valence-corrected chi connectivity index (χ3v) is 4.33. The van der Waals surface area contributed by atoms with Crippen LogP contribution in [-0.4, -0.2) is 15.0 Å². The van der Waals surface area contributed by atoms with E-state index in [4.69, 9.17) is 11.6 Å². The highest BCUT2D eigenvalue weighted by molar-refractivity contribution is 7.18. The molecule has 3 rings (SSSR count). The van der Waals surface area contributed by atoms with Crippen LogP contribution < -0.4 is 0 Å². The van der Waals surface area contributed by atoms with Gasteiger partial charge in [0, 0.05) is 6.20 Å². The number of aromatic nitrogens is 3. The van der Waals surface area contributed by atoms with Crippen LogP contribution in [0.15, 0.2) is 30.5 Å². The molecule has 23 heavy (non-hydrogen) atoms. The summed E-state index contributed by atoms with van der Waals surface area (Å²) in [6.45, 7) is 0. The zero-order valence-corrected chi connectivity index (χ0v) is 12.7. The topological polar surface area (TPSA) is 62.5 Å². The SMILES string of the molecule is N#CC(c1ccnc(Cl)n1)c1nc2cc(C(F)(F)F)ccc2s1. The fourth-order valence-electron chi connectivity index (χ4n) is 2.00. The van der Waals surface area contributed by atoms with Gasteiger partial charge in [0.2, 0.25) is 5.28 Å². The average molecular weight is 355 g/mol. The van der Waals surface area contributed by atoms with E-state index in [9.17, 15) is 18.4 Å². The largest absolute Gasteiger partial charge is 0.416 e. The first-order valence-electron chi connectivity index (χ1n) is 6.24. The number of nitrogens with zero attached hydrogens (tertiary/aromatic N) is 4. The number of nitriles is 1. The van der Waals surface area contributed by atoms with Crippen molar-refractivity contribution in [3.8, 4) is 6.07 Å². The lowest BCUT2D eigenvalue weighted by molar-refractivity contribution is -0.137. The molecule has 0 amide bonds. The number of halogens is 4. The highest BCUT2D eigenvalue weighted by atomic mass is 35.5. The molecule has 116 valence electrons. The lowest BCUT2D eigenvalue weighted by Crippen LogP contribution is -2.04. The van der Waals surface area contributed by atoms with E-state index in [2.05, 4.69) is 15.0 Å². The summed E-state index contributed by atoms with van der Waals surface area (Å²) >= 11 is 6.85. The monoisotopic (exact) mass is 354 g/mol. The Bertz CT molecular complexity index is 916. The lowest BCUT2D eigenvalue weighted by atomic mass is 10.1. The zero-order chi connectivity index (χ0) is 16.6. The molecule has 0 aliphatic carbocycles. The van der Waals surface area contributed by atoms with Gasteiger partial charge in [-0.3, -0.25) is 0 Å². The Balaban J connectivity index is 2.07. The van der Waals surface area contributed by atoms with E-state index in [-0.39, 0.29) is 10.8 Å². The van der Waals surface area contributed by atoms with Gasteiger partial charge in [-0.15, -0.1) is 11.3 Å². The number of hydrogen-bond donors (Lipinski definition) is 0. The van der Waals surface area contributed by atoms with Crippen molar-refractivity contribution >= 4 is 33.2 Å². The molecule has 0 spiro atoms. The van der Waals surface area contributed by atoms with Gasteiger partial charge in [0.25, 0.3) is 0 Å². The molecule has 1 aromatic carbocycles. The standard InChI is InChI=1S/C14H6ClF3N4S/c15-13-20-4-3-9(22-13)8(6-19)12-21-10-5-7(14(16,17)18)1-2-11(10)23-12/h1-5,8H. The number of fused-ring (bicyclic) bond motifs is 1. The van der Waals surface area contributed by atoms with Crippen LogP contribution in [0.5, 0.6) is 0 Å². The van der Waals surface area contributed by atoms with Crippen molar-refractivity contribution in [3.05, 3.63) is 52.0 Å². The van der Waals surface area contributed by atoms with Gasteiger partial charge in [0.15, 0.2) is 0 Å². The summed E-state index contributed by atoms with van der Waals surface area (Å²) in [6, 6.07) is 6.88. The highest BCUT2D eigenvalue weighted by Gasteiger charge is 2.31. The molecule has 2 aromatic heterocycles. The first-order valence-corrected chi connectivity index (χ1v) is 7.43. The van der Waals surface area contributed by atoms with Gasteiger partial charge in [-0.05, 0) is 35.9 Å². The molecule has 0 N–H and O–H groups in total. The average Bonchev–Trinajstić information content (AvgIpc) is 2.89. The van der Waals surface area contributed by atoms with Crippen LogP contribution in [0.2, 0.25) is 5.28 Å². The molecule has 0 bridgehead atoms. The smallest absolute Gasteiger partial charge is 0.239 e. The van der Waals surface area contributed by atoms with Crippen LogP contribution in [-0.2, 0) is 6.18 Å². The lowest BCUT2D eigenvalue weighted by Gasteiger charge is -2.05. The molecule has 2 heterocycles. The van der Waals surface area contributed by atoms with E-state index in [0.29, 0.717) is 15.4 Å². The summed E-state index contributed by atoms with van der Waals surface area (Å²) in [5, 5.41) is 9.71. The molecular weight excluding hydrogens is 349 g/mol. The maximum atomic E-state index is 12.7. The molecule has 0 radical (unpaired) electrons. The van der Waals surface area contributed by atoms with Crippen molar-refractivity contribution in [2.75, 3.05) is 0 Å². The quantitative estimate of drug-likeness (QED) is 0.639. The highest BCUT2D eigenvalue weighted by Crippen LogP contribution is 2.35. The number of benzene rings is 1. The summed E-state index contributed by atoms with van der Waals surface area (Å²) in [7, 11) is 0. The molecule has 1 atom stereocenters. The Morgan fingerprint density at radius 3 is 2.65 bits per heavy atom. The van der Waals surface area contributed by atoms with E-state index in [1.165, 1.54) is 18.3 Å². The second-order valence-corrected chi connectivity index (χ2v) is 5.95. The van der Waals surface area contributed by atoms with Gasteiger partial charge >= 0.3 is 6.18 Å². The van der Waals surface area contributed by atoms with Crippen LogP contribution in [0.4, 0.5) is 13.2 Å². The summed E-state index contributed by atoms with van der Waals surface area (Å²) in [5.41, 5.74) is -0.233. The van der Waals surface area contributed by atoms with Gasteiger partial charge in [0.05, 0.1) is 27.5 Å².